The van der Waals surface area contributed by atoms with Crippen molar-refractivity contribution < 1.29 is 35.0 Å². The van der Waals surface area contributed by atoms with Gasteiger partial charge in [-0.15, -0.1) is 0 Å². The molecule has 0 N–H and O–H groups in total. The van der Waals surface area contributed by atoms with Crippen LogP contribution in [0.4, 0.5) is 0 Å². The minimum Gasteiger partial charge on any atom is -0.416 e. The Kier molecular flexibility index (Phi) is 17.7. The summed E-state index contributed by atoms with van der Waals surface area (Å²) in [6.07, 6.45) is 2.76. The van der Waals surface area contributed by atoms with Crippen molar-refractivity contribution in [2.45, 2.75) is 75.0 Å². The van der Waals surface area contributed by atoms with E-state index in [9.17, 15) is 4.79 Å². The first-order valence-electron chi connectivity index (χ1n) is 28.1. The molecular formula is C65H73O8P3Si4. The van der Waals surface area contributed by atoms with Gasteiger partial charge >= 0.3 is 34.2 Å². The van der Waals surface area contributed by atoms with Crippen molar-refractivity contribution in [1.29, 1.82) is 0 Å². The van der Waals surface area contributed by atoms with Crippen molar-refractivity contribution in [2.24, 2.45) is 5.92 Å². The lowest BCUT2D eigenvalue weighted by atomic mass is 9.85. The molecule has 2 aliphatic rings. The van der Waals surface area contributed by atoms with Crippen molar-refractivity contribution >= 4 is 93.3 Å². The van der Waals surface area contributed by atoms with E-state index in [0.717, 1.165) is 43.0 Å². The number of benzene rings is 8. The second-order valence-corrected chi connectivity index (χ2v) is 45.6. The second-order valence-electron chi connectivity index (χ2n) is 22.4. The summed E-state index contributed by atoms with van der Waals surface area (Å²) in [5.74, 6) is 0.0612. The Labute approximate surface area is 478 Å². The zero-order chi connectivity index (χ0) is 56.0. The number of rotatable bonds is 22. The number of ketones is 1. The van der Waals surface area contributed by atoms with E-state index < -0.39 is 61.1 Å². The number of carbonyl (C=O) groups is 1. The lowest BCUT2D eigenvalue weighted by molar-refractivity contribution is -0.112. The van der Waals surface area contributed by atoms with Crippen molar-refractivity contribution in [3.05, 3.63) is 254 Å². The fourth-order valence-electron chi connectivity index (χ4n) is 12.4. The molecule has 80 heavy (non-hydrogen) atoms. The van der Waals surface area contributed by atoms with E-state index in [0.29, 0.717) is 43.4 Å². The monoisotopic (exact) mass is 1190 g/mol. The molecule has 412 valence electrons. The van der Waals surface area contributed by atoms with E-state index in [1.54, 1.807) is 0 Å². The fraction of sp³-hybridized carbons (Fsp3) is 0.246. The van der Waals surface area contributed by atoms with Crippen LogP contribution in [0.1, 0.15) is 24.0 Å². The van der Waals surface area contributed by atoms with E-state index in [4.69, 9.17) is 16.5 Å². The number of hydrogen-bond donors (Lipinski definition) is 0. The van der Waals surface area contributed by atoms with Gasteiger partial charge in [-0.2, -0.15) is 0 Å². The van der Waals surface area contributed by atoms with Crippen LogP contribution in [0.15, 0.2) is 243 Å². The highest BCUT2D eigenvalue weighted by Gasteiger charge is 2.65. The van der Waals surface area contributed by atoms with Crippen molar-refractivity contribution in [2.75, 3.05) is 18.5 Å². The molecule has 1 saturated carbocycles. The number of Topliss-reactive ketones (excluding diaryl/α,β-unsaturated/α-hetero) is 1. The summed E-state index contributed by atoms with van der Waals surface area (Å²) in [7, 11) is -23.9. The maximum atomic E-state index is 15.9. The van der Waals surface area contributed by atoms with Gasteiger partial charge in [0.05, 0.1) is 5.41 Å². The molecule has 8 aromatic carbocycles. The molecule has 1 saturated heterocycles. The highest BCUT2D eigenvalue weighted by Crippen LogP contribution is 2.56. The molecule has 8 nitrogen and oxygen atoms in total. The van der Waals surface area contributed by atoms with Gasteiger partial charge in [-0.05, 0) is 74.3 Å². The maximum absolute atomic E-state index is 15.9. The summed E-state index contributed by atoms with van der Waals surface area (Å²) in [5.41, 5.74) is 1.53. The summed E-state index contributed by atoms with van der Waals surface area (Å²) < 4.78 is 79.3. The molecule has 4 unspecified atom stereocenters. The van der Waals surface area contributed by atoms with Crippen LogP contribution >= 0.6 is 21.4 Å². The van der Waals surface area contributed by atoms with Gasteiger partial charge < -0.3 is 30.2 Å². The van der Waals surface area contributed by atoms with Crippen LogP contribution in [0.3, 0.4) is 0 Å². The second kappa shape index (κ2) is 24.3. The molecule has 1 aliphatic carbocycles. The summed E-state index contributed by atoms with van der Waals surface area (Å²) in [6.45, 7) is 8.40. The third-order valence-corrected chi connectivity index (χ3v) is 45.6. The Morgan fingerprint density at radius 2 is 0.613 bits per heavy atom. The first-order valence-corrected chi connectivity index (χ1v) is 43.8. The van der Waals surface area contributed by atoms with Crippen LogP contribution in [-0.2, 0) is 46.8 Å². The molecule has 0 bridgehead atoms. The summed E-state index contributed by atoms with van der Waals surface area (Å²) in [6, 6.07) is 80.6. The Hall–Kier alpha value is -5.17. The molecule has 0 amide bonds. The molecule has 8 aromatic rings. The average molecular weight is 1190 g/mol. The molecule has 0 spiro atoms. The van der Waals surface area contributed by atoms with Crippen LogP contribution in [0.5, 0.6) is 0 Å². The topological polar surface area (TPSA) is 105 Å². The Balaban J connectivity index is 1.04. The number of hydrogen-bond acceptors (Lipinski definition) is 8. The normalized spacial score (nSPS) is 24.4. The maximum Gasteiger partial charge on any atom is 0.317 e. The Morgan fingerprint density at radius 1 is 0.362 bits per heavy atom. The molecule has 2 fully saturated rings. The van der Waals surface area contributed by atoms with E-state index >= 15 is 13.7 Å². The lowest BCUT2D eigenvalue weighted by Gasteiger charge is -2.51. The van der Waals surface area contributed by atoms with Crippen LogP contribution in [0, 0.1) is 5.92 Å². The number of carbonyl (C=O) groups excluding carboxylic acids is 1. The first kappa shape index (κ1) is 58.0. The van der Waals surface area contributed by atoms with Gasteiger partial charge in [-0.25, -0.2) is 0 Å². The molecule has 15 heteroatoms. The minimum absolute atomic E-state index is 0.193. The molecule has 1 aliphatic heterocycles. The van der Waals surface area contributed by atoms with Gasteiger partial charge in [-0.3, -0.25) is 4.79 Å². The van der Waals surface area contributed by atoms with E-state index in [1.807, 2.05) is 218 Å². The standard InChI is InChI=1S/C65H73O8P3Si4/c1-77(50-29-46-63-64(66)65(63,56-32-15-6-16-33-56)54-55-30-13-5-14-31-55)70-78(2,51-47-74(67,57-34-17-7-18-35-57)58-36-19-8-20-37-58)72-80(4,53-49-76(69,61-42-25-11-26-43-61)62-44-27-12-28-45-62)73-79(3,71-77)52-48-75(68,59-38-21-9-22-39-59)60-40-23-10-24-41-60/h5-28,30-45,63H,29,46-54H2,1-4H3. The predicted octanol–water partition coefficient (Wildman–Crippen LogP) is 13.6. The molecule has 0 radical (unpaired) electrons. The van der Waals surface area contributed by atoms with Crippen LogP contribution in [0.2, 0.25) is 50.4 Å². The van der Waals surface area contributed by atoms with E-state index in [2.05, 4.69) is 50.5 Å². The molecule has 10 rings (SSSR count). The zero-order valence-corrected chi connectivity index (χ0v) is 53.0. The van der Waals surface area contributed by atoms with Gasteiger partial charge in [0.1, 0.15) is 27.2 Å². The highest BCUT2D eigenvalue weighted by molar-refractivity contribution is 7.79. The van der Waals surface area contributed by atoms with Crippen LogP contribution in [0.25, 0.3) is 0 Å². The molecular weight excluding hydrogens is 1110 g/mol. The fourth-order valence-corrected chi connectivity index (χ4v) is 48.3. The average Bonchev–Trinajstić information content (AvgIpc) is 4.19. The van der Waals surface area contributed by atoms with Crippen molar-refractivity contribution in [3.63, 3.8) is 0 Å². The van der Waals surface area contributed by atoms with E-state index in [1.165, 1.54) is 0 Å². The largest absolute Gasteiger partial charge is 0.416 e. The molecule has 0 aromatic heterocycles. The van der Waals surface area contributed by atoms with Gasteiger partial charge in [0, 0.05) is 56.2 Å². The Bertz CT molecular complexity index is 3240. The minimum atomic E-state index is -3.58. The Morgan fingerprint density at radius 3 is 0.900 bits per heavy atom. The zero-order valence-electron chi connectivity index (χ0n) is 46.4. The van der Waals surface area contributed by atoms with Crippen LogP contribution in [-0.4, -0.2) is 58.5 Å². The van der Waals surface area contributed by atoms with E-state index in [-0.39, 0.29) is 30.2 Å². The summed E-state index contributed by atoms with van der Waals surface area (Å²) in [4.78, 5) is 14.5. The summed E-state index contributed by atoms with van der Waals surface area (Å²) in [5, 5.41) is 4.58. The van der Waals surface area contributed by atoms with Crippen LogP contribution < -0.4 is 31.8 Å². The summed E-state index contributed by atoms with van der Waals surface area (Å²) >= 11 is 0. The lowest BCUT2D eigenvalue weighted by Crippen LogP contribution is -2.67. The third kappa shape index (κ3) is 12.7. The van der Waals surface area contributed by atoms with Crippen molar-refractivity contribution in [3.8, 4) is 0 Å². The van der Waals surface area contributed by atoms with Gasteiger partial charge in [0.2, 0.25) is 0 Å². The van der Waals surface area contributed by atoms with Gasteiger partial charge in [0.25, 0.3) is 0 Å². The predicted molar refractivity (Wildman–Crippen MR) is 340 cm³/mol. The highest BCUT2D eigenvalue weighted by atomic mass is 31.2. The third-order valence-electron chi connectivity index (χ3n) is 16.4. The van der Waals surface area contributed by atoms with Gasteiger partial charge in [0.15, 0.2) is 0 Å². The quantitative estimate of drug-likeness (QED) is 0.0488. The smallest absolute Gasteiger partial charge is 0.317 e. The SMILES string of the molecule is C[Si]1(CCCC2C(=O)C2(Cc2ccccc2)c2ccccc2)O[Si](C)(CCP(=O)(c2ccccc2)c2ccccc2)O[Si](C)(CCP(=O)(c2ccccc2)c2ccccc2)O[Si](C)(CCP(=O)(c2ccccc2)c2ccccc2)O1. The van der Waals surface area contributed by atoms with Gasteiger partial charge in [-0.1, -0.05) is 249 Å². The molecule has 4 atom stereocenters. The van der Waals surface area contributed by atoms with Crippen molar-refractivity contribution in [1.82, 2.24) is 0 Å². The molecule has 1 heterocycles. The first-order chi connectivity index (χ1) is 38.5.